The van der Waals surface area contributed by atoms with Crippen molar-refractivity contribution in [3.63, 3.8) is 0 Å². The van der Waals surface area contributed by atoms with Crippen molar-refractivity contribution in [1.82, 2.24) is 4.90 Å². The van der Waals surface area contributed by atoms with Crippen LogP contribution in [0, 0.1) is 5.92 Å². The van der Waals surface area contributed by atoms with Gasteiger partial charge >= 0.3 is 0 Å². The van der Waals surface area contributed by atoms with Gasteiger partial charge in [0, 0.05) is 12.5 Å². The number of carbonyl (C=O) groups excluding carboxylic acids is 1. The number of nitrogens with zero attached hydrogens (tertiary/aromatic N) is 1. The quantitative estimate of drug-likeness (QED) is 0.578. The highest BCUT2D eigenvalue weighted by Crippen LogP contribution is 2.34. The highest BCUT2D eigenvalue weighted by Gasteiger charge is 2.43. The van der Waals surface area contributed by atoms with Crippen molar-refractivity contribution in [2.45, 2.75) is 31.9 Å². The highest BCUT2D eigenvalue weighted by molar-refractivity contribution is 5.82. The number of β-amino-alcohol motifs (C(OH)–C–C–N with tert-alkyl or cyclic N) is 1. The summed E-state index contributed by atoms with van der Waals surface area (Å²) in [4.78, 5) is 13.1. The maximum Gasteiger partial charge on any atom is 0.226 e. The first-order chi connectivity index (χ1) is 5.20. The molecule has 0 aromatic carbocycles. The maximum atomic E-state index is 11.4. The van der Waals surface area contributed by atoms with E-state index in [-0.39, 0.29) is 18.1 Å². The molecule has 1 amide bonds. The van der Waals surface area contributed by atoms with Crippen LogP contribution in [0.5, 0.6) is 0 Å². The Hall–Kier alpha value is -0.570. The second-order valence-electron chi connectivity index (χ2n) is 3.57. The van der Waals surface area contributed by atoms with Crippen LogP contribution in [-0.4, -0.2) is 34.6 Å². The van der Waals surface area contributed by atoms with E-state index < -0.39 is 0 Å². The molecule has 1 N–H and O–H groups in total. The van der Waals surface area contributed by atoms with Gasteiger partial charge in [0.1, 0.15) is 0 Å². The predicted octanol–water partition coefficient (Wildman–Crippen LogP) is -0.0120. The molecule has 1 saturated heterocycles. The number of aliphatic hydroxyl groups excluding tert-OH is 1. The number of rotatable bonds is 1. The summed E-state index contributed by atoms with van der Waals surface area (Å²) in [5.74, 6) is 0.549. The number of amides is 1. The van der Waals surface area contributed by atoms with E-state index in [1.54, 1.807) is 4.90 Å². The molecule has 2 aliphatic rings. The van der Waals surface area contributed by atoms with Crippen LogP contribution in [0.2, 0.25) is 0 Å². The lowest BCUT2D eigenvalue weighted by molar-refractivity contribution is -0.150. The molecule has 11 heavy (non-hydrogen) atoms. The van der Waals surface area contributed by atoms with Crippen LogP contribution in [-0.2, 0) is 4.79 Å². The minimum atomic E-state index is -0.280. The van der Waals surface area contributed by atoms with Gasteiger partial charge in [0.15, 0.2) is 0 Å². The molecule has 0 aromatic heterocycles. The number of likely N-dealkylation sites (tertiary alicyclic amines) is 1. The first-order valence-corrected chi connectivity index (χ1v) is 4.18. The summed E-state index contributed by atoms with van der Waals surface area (Å²) in [5, 5.41) is 9.14. The zero-order chi connectivity index (χ0) is 8.01. The molecule has 1 heterocycles. The molecular formula is C8H13NO2. The molecule has 1 saturated carbocycles. The lowest BCUT2D eigenvalue weighted by atomic mass is 10.0. The molecule has 1 aliphatic carbocycles. The van der Waals surface area contributed by atoms with Crippen molar-refractivity contribution < 1.29 is 9.90 Å². The molecule has 2 fully saturated rings. The van der Waals surface area contributed by atoms with Crippen LogP contribution >= 0.6 is 0 Å². The number of aliphatic hydroxyl groups is 1. The monoisotopic (exact) mass is 155 g/mol. The molecule has 2 rings (SSSR count). The van der Waals surface area contributed by atoms with E-state index in [0.717, 1.165) is 12.8 Å². The third kappa shape index (κ3) is 1.03. The van der Waals surface area contributed by atoms with Crippen molar-refractivity contribution in [3.8, 4) is 0 Å². The average Bonchev–Trinajstić information content (AvgIpc) is 2.80. The summed E-state index contributed by atoms with van der Waals surface area (Å²) in [6.45, 7) is 2.45. The Balaban J connectivity index is 1.91. The van der Waals surface area contributed by atoms with Crippen molar-refractivity contribution in [2.75, 3.05) is 6.54 Å². The van der Waals surface area contributed by atoms with Gasteiger partial charge in [0.05, 0.1) is 12.1 Å². The lowest BCUT2D eigenvalue weighted by Crippen LogP contribution is -2.61. The smallest absolute Gasteiger partial charge is 0.226 e. The van der Waals surface area contributed by atoms with E-state index >= 15 is 0 Å². The molecule has 3 nitrogen and oxygen atoms in total. The number of hydrogen-bond donors (Lipinski definition) is 1. The van der Waals surface area contributed by atoms with E-state index in [4.69, 9.17) is 5.11 Å². The first-order valence-electron chi connectivity index (χ1n) is 4.18. The third-order valence-corrected chi connectivity index (χ3v) is 2.64. The summed E-state index contributed by atoms with van der Waals surface area (Å²) in [5.41, 5.74) is 0. The normalized spacial score (nSPS) is 36.7. The number of hydrogen-bond acceptors (Lipinski definition) is 2. The van der Waals surface area contributed by atoms with Crippen LogP contribution in [0.15, 0.2) is 0 Å². The van der Waals surface area contributed by atoms with Gasteiger partial charge in [-0.3, -0.25) is 4.79 Å². The largest absolute Gasteiger partial charge is 0.389 e. The number of carbonyl (C=O) groups is 1. The second-order valence-corrected chi connectivity index (χ2v) is 3.57. The Morgan fingerprint density at radius 1 is 1.55 bits per heavy atom. The Morgan fingerprint density at radius 2 is 2.18 bits per heavy atom. The second kappa shape index (κ2) is 2.21. The Morgan fingerprint density at radius 3 is 2.55 bits per heavy atom. The first kappa shape index (κ1) is 7.10. The van der Waals surface area contributed by atoms with E-state index in [1.165, 1.54) is 0 Å². The summed E-state index contributed by atoms with van der Waals surface area (Å²) in [7, 11) is 0. The molecule has 3 heteroatoms. The SMILES string of the molecule is C[C@H]1[C@H](O)CN1C(=O)C1CC1. The fourth-order valence-electron chi connectivity index (χ4n) is 1.45. The lowest BCUT2D eigenvalue weighted by Gasteiger charge is -2.43. The standard InChI is InChI=1S/C8H13NO2/c1-5-7(10)4-9(5)8(11)6-2-3-6/h5-7,10H,2-4H2,1H3/t5-,7+/m0/s1. The average molecular weight is 155 g/mol. The van der Waals surface area contributed by atoms with E-state index in [1.807, 2.05) is 6.92 Å². The Bertz CT molecular complexity index is 189. The summed E-state index contributed by atoms with van der Waals surface area (Å²) < 4.78 is 0. The Labute approximate surface area is 66.0 Å². The van der Waals surface area contributed by atoms with Crippen LogP contribution < -0.4 is 0 Å². The van der Waals surface area contributed by atoms with Gasteiger partial charge in [-0.1, -0.05) is 0 Å². The van der Waals surface area contributed by atoms with E-state index in [9.17, 15) is 4.79 Å². The van der Waals surface area contributed by atoms with Crippen molar-refractivity contribution in [2.24, 2.45) is 5.92 Å². The summed E-state index contributed by atoms with van der Waals surface area (Å²) in [6.07, 6.45) is 1.83. The Kier molecular flexibility index (Phi) is 1.42. The minimum absolute atomic E-state index is 0.0584. The molecule has 0 spiro atoms. The van der Waals surface area contributed by atoms with Gasteiger partial charge < -0.3 is 10.0 Å². The van der Waals surface area contributed by atoms with Gasteiger partial charge in [-0.05, 0) is 19.8 Å². The molecule has 0 bridgehead atoms. The third-order valence-electron chi connectivity index (χ3n) is 2.64. The molecule has 62 valence electrons. The van der Waals surface area contributed by atoms with Gasteiger partial charge in [-0.15, -0.1) is 0 Å². The van der Waals surface area contributed by atoms with Crippen LogP contribution in [0.4, 0.5) is 0 Å². The zero-order valence-electron chi connectivity index (χ0n) is 6.66. The van der Waals surface area contributed by atoms with E-state index in [2.05, 4.69) is 0 Å². The zero-order valence-corrected chi connectivity index (χ0v) is 6.66. The predicted molar refractivity (Wildman–Crippen MR) is 39.9 cm³/mol. The fraction of sp³-hybridized carbons (Fsp3) is 0.875. The molecule has 0 aromatic rings. The van der Waals surface area contributed by atoms with Gasteiger partial charge in [-0.2, -0.15) is 0 Å². The minimum Gasteiger partial charge on any atom is -0.389 e. The van der Waals surface area contributed by atoms with E-state index in [0.29, 0.717) is 12.5 Å². The van der Waals surface area contributed by atoms with Gasteiger partial charge in [0.2, 0.25) is 5.91 Å². The van der Waals surface area contributed by atoms with Crippen molar-refractivity contribution in [1.29, 1.82) is 0 Å². The van der Waals surface area contributed by atoms with Crippen molar-refractivity contribution in [3.05, 3.63) is 0 Å². The fourth-order valence-corrected chi connectivity index (χ4v) is 1.45. The topological polar surface area (TPSA) is 40.5 Å². The molecule has 1 aliphatic heterocycles. The molecule has 0 unspecified atom stereocenters. The van der Waals surface area contributed by atoms with Crippen LogP contribution in [0.3, 0.4) is 0 Å². The molecule has 2 atom stereocenters. The summed E-state index contributed by atoms with van der Waals surface area (Å²) >= 11 is 0. The molecule has 0 radical (unpaired) electrons. The van der Waals surface area contributed by atoms with Crippen molar-refractivity contribution >= 4 is 5.91 Å². The van der Waals surface area contributed by atoms with Crippen LogP contribution in [0.25, 0.3) is 0 Å². The van der Waals surface area contributed by atoms with Gasteiger partial charge in [-0.25, -0.2) is 0 Å². The van der Waals surface area contributed by atoms with Crippen LogP contribution in [0.1, 0.15) is 19.8 Å². The highest BCUT2D eigenvalue weighted by atomic mass is 16.3. The van der Waals surface area contributed by atoms with Gasteiger partial charge in [0.25, 0.3) is 0 Å². The molecular weight excluding hydrogens is 142 g/mol. The summed E-state index contributed by atoms with van der Waals surface area (Å²) in [6, 6.07) is 0.0584. The maximum absolute atomic E-state index is 11.4.